The fourth-order valence-corrected chi connectivity index (χ4v) is 5.27. The van der Waals surface area contributed by atoms with Gasteiger partial charge in [-0.3, -0.25) is 4.79 Å². The number of nitrogens with one attached hydrogen (secondary N) is 1. The first kappa shape index (κ1) is 19.8. The molecule has 0 radical (unpaired) electrons. The van der Waals surface area contributed by atoms with Crippen LogP contribution in [0.2, 0.25) is 0 Å². The van der Waals surface area contributed by atoms with Gasteiger partial charge in [0.2, 0.25) is 15.9 Å². The molecule has 0 saturated carbocycles. The summed E-state index contributed by atoms with van der Waals surface area (Å²) in [5.74, 6) is -0.100. The van der Waals surface area contributed by atoms with Gasteiger partial charge in [0.25, 0.3) is 0 Å². The number of amides is 1. The van der Waals surface area contributed by atoms with Gasteiger partial charge in [0.05, 0.1) is 11.9 Å². The summed E-state index contributed by atoms with van der Waals surface area (Å²) < 4.78 is 33.2. The first-order valence-electron chi connectivity index (χ1n) is 9.05. The van der Waals surface area contributed by atoms with Crippen LogP contribution in [0.4, 0.5) is 0 Å². The van der Waals surface area contributed by atoms with Crippen LogP contribution < -0.4 is 5.32 Å². The zero-order valence-corrected chi connectivity index (χ0v) is 17.1. The maximum Gasteiger partial charge on any atom is 0.223 e. The molecule has 1 amide bonds. The second-order valence-corrected chi connectivity index (χ2v) is 9.82. The second kappa shape index (κ2) is 8.82. The Morgan fingerprint density at radius 1 is 1.19 bits per heavy atom. The first-order chi connectivity index (χ1) is 12.4. The average molecular weight is 445 g/mol. The summed E-state index contributed by atoms with van der Waals surface area (Å²) in [6, 6.07) is 7.31. The maximum absolute atomic E-state index is 12.6. The Labute approximate surface area is 163 Å². The number of sulfonamides is 1. The van der Waals surface area contributed by atoms with Gasteiger partial charge in [-0.1, -0.05) is 28.1 Å². The summed E-state index contributed by atoms with van der Waals surface area (Å²) in [7, 11) is -3.36. The van der Waals surface area contributed by atoms with E-state index >= 15 is 0 Å². The Balaban J connectivity index is 1.47. The van der Waals surface area contributed by atoms with Gasteiger partial charge in [0.1, 0.15) is 0 Å². The monoisotopic (exact) mass is 444 g/mol. The number of hydrogen-bond donors (Lipinski definition) is 1. The van der Waals surface area contributed by atoms with Gasteiger partial charge in [-0.05, 0) is 43.4 Å². The highest BCUT2D eigenvalue weighted by Gasteiger charge is 2.31. The van der Waals surface area contributed by atoms with Gasteiger partial charge >= 0.3 is 0 Å². The Morgan fingerprint density at radius 3 is 2.50 bits per heavy atom. The lowest BCUT2D eigenvalue weighted by Gasteiger charge is -2.30. The highest BCUT2D eigenvalue weighted by molar-refractivity contribution is 9.10. The number of carbonyl (C=O) groups is 1. The highest BCUT2D eigenvalue weighted by atomic mass is 79.9. The quantitative estimate of drug-likeness (QED) is 0.729. The van der Waals surface area contributed by atoms with Crippen molar-refractivity contribution < 1.29 is 17.9 Å². The van der Waals surface area contributed by atoms with Crippen LogP contribution in [-0.4, -0.2) is 51.0 Å². The van der Waals surface area contributed by atoms with Crippen LogP contribution in [0.1, 0.15) is 31.2 Å². The molecule has 3 rings (SSSR count). The number of piperidine rings is 1. The van der Waals surface area contributed by atoms with Crippen molar-refractivity contribution >= 4 is 31.9 Å². The summed E-state index contributed by atoms with van der Waals surface area (Å²) in [6.45, 7) is 2.13. The topological polar surface area (TPSA) is 75.7 Å². The lowest BCUT2D eigenvalue weighted by atomic mass is 9.97. The van der Waals surface area contributed by atoms with Crippen LogP contribution in [0.5, 0.6) is 0 Å². The van der Waals surface area contributed by atoms with Crippen LogP contribution in [0, 0.1) is 5.92 Å². The van der Waals surface area contributed by atoms with Crippen molar-refractivity contribution in [2.75, 3.05) is 26.2 Å². The smallest absolute Gasteiger partial charge is 0.223 e. The number of nitrogens with zero attached hydrogens (tertiary/aromatic N) is 1. The van der Waals surface area contributed by atoms with E-state index in [0.717, 1.165) is 29.5 Å². The molecule has 144 valence electrons. The first-order valence-corrected chi connectivity index (χ1v) is 11.5. The van der Waals surface area contributed by atoms with E-state index in [4.69, 9.17) is 4.74 Å². The van der Waals surface area contributed by atoms with Crippen molar-refractivity contribution in [2.45, 2.75) is 37.5 Å². The molecule has 2 fully saturated rings. The Morgan fingerprint density at radius 2 is 1.88 bits per heavy atom. The maximum atomic E-state index is 12.6. The van der Waals surface area contributed by atoms with Crippen molar-refractivity contribution in [3.8, 4) is 0 Å². The van der Waals surface area contributed by atoms with Crippen LogP contribution in [-0.2, 0) is 25.3 Å². The van der Waals surface area contributed by atoms with Gasteiger partial charge in [-0.15, -0.1) is 0 Å². The molecule has 0 bridgehead atoms. The van der Waals surface area contributed by atoms with E-state index in [1.807, 2.05) is 24.3 Å². The molecule has 2 saturated heterocycles. The van der Waals surface area contributed by atoms with E-state index in [2.05, 4.69) is 21.2 Å². The Kier molecular flexibility index (Phi) is 6.71. The van der Waals surface area contributed by atoms with E-state index in [9.17, 15) is 13.2 Å². The zero-order valence-electron chi connectivity index (χ0n) is 14.7. The normalized spacial score (nSPS) is 22.4. The van der Waals surface area contributed by atoms with Crippen molar-refractivity contribution in [1.29, 1.82) is 0 Å². The number of ether oxygens (including phenoxy) is 1. The summed E-state index contributed by atoms with van der Waals surface area (Å²) in [6.07, 6.45) is 3.31. The number of benzene rings is 1. The third-order valence-electron chi connectivity index (χ3n) is 5.01. The lowest BCUT2D eigenvalue weighted by molar-refractivity contribution is -0.126. The molecule has 2 heterocycles. The number of rotatable bonds is 6. The van der Waals surface area contributed by atoms with Gasteiger partial charge in [0, 0.05) is 36.6 Å². The standard InChI is InChI=1S/C18H25BrN2O4S/c19-16-5-3-14(4-6-16)13-26(23,24)21-9-7-15(8-10-21)18(22)20-12-17-2-1-11-25-17/h3-6,15,17H,1-2,7-13H2,(H,20,22)/t17-/m0/s1. The largest absolute Gasteiger partial charge is 0.376 e. The molecule has 0 spiro atoms. The molecule has 0 aliphatic carbocycles. The summed E-state index contributed by atoms with van der Waals surface area (Å²) in [5.41, 5.74) is 0.768. The Hall–Kier alpha value is -0.960. The molecular weight excluding hydrogens is 420 g/mol. The minimum atomic E-state index is -3.36. The SMILES string of the molecule is O=C(NC[C@@H]1CCCO1)C1CCN(S(=O)(=O)Cc2ccc(Br)cc2)CC1. The van der Waals surface area contributed by atoms with Gasteiger partial charge in [-0.2, -0.15) is 0 Å². The predicted octanol–water partition coefficient (Wildman–Crippen LogP) is 2.29. The molecule has 8 heteroatoms. The van der Waals surface area contributed by atoms with Crippen LogP contribution in [0.15, 0.2) is 28.7 Å². The zero-order chi connectivity index (χ0) is 18.6. The fourth-order valence-electron chi connectivity index (χ4n) is 3.44. The van der Waals surface area contributed by atoms with E-state index < -0.39 is 10.0 Å². The lowest BCUT2D eigenvalue weighted by Crippen LogP contribution is -2.44. The van der Waals surface area contributed by atoms with Crippen LogP contribution >= 0.6 is 15.9 Å². The van der Waals surface area contributed by atoms with E-state index in [-0.39, 0.29) is 23.7 Å². The third-order valence-corrected chi connectivity index (χ3v) is 7.39. The molecular formula is C18H25BrN2O4S. The van der Waals surface area contributed by atoms with E-state index in [1.165, 1.54) is 4.31 Å². The fraction of sp³-hybridized carbons (Fsp3) is 0.611. The van der Waals surface area contributed by atoms with Gasteiger partial charge < -0.3 is 10.1 Å². The van der Waals surface area contributed by atoms with Crippen LogP contribution in [0.25, 0.3) is 0 Å². The molecule has 1 aromatic rings. The third kappa shape index (κ3) is 5.28. The van der Waals surface area contributed by atoms with Crippen LogP contribution in [0.3, 0.4) is 0 Å². The van der Waals surface area contributed by atoms with Gasteiger partial charge in [-0.25, -0.2) is 12.7 Å². The number of carbonyl (C=O) groups excluding carboxylic acids is 1. The van der Waals surface area contributed by atoms with E-state index in [0.29, 0.717) is 32.5 Å². The second-order valence-electron chi connectivity index (χ2n) is 6.94. The predicted molar refractivity (Wildman–Crippen MR) is 103 cm³/mol. The summed E-state index contributed by atoms with van der Waals surface area (Å²) >= 11 is 3.35. The van der Waals surface area contributed by atoms with Gasteiger partial charge in [0.15, 0.2) is 0 Å². The Bertz CT molecular complexity index is 709. The minimum absolute atomic E-state index is 0.00381. The molecule has 0 unspecified atom stereocenters. The van der Waals surface area contributed by atoms with Crippen molar-refractivity contribution in [2.24, 2.45) is 5.92 Å². The summed E-state index contributed by atoms with van der Waals surface area (Å²) in [5, 5.41) is 2.96. The minimum Gasteiger partial charge on any atom is -0.376 e. The average Bonchev–Trinajstić information content (AvgIpc) is 3.15. The molecule has 0 aromatic heterocycles. The molecule has 2 aliphatic heterocycles. The highest BCUT2D eigenvalue weighted by Crippen LogP contribution is 2.22. The summed E-state index contributed by atoms with van der Waals surface area (Å²) in [4.78, 5) is 12.3. The number of hydrogen-bond acceptors (Lipinski definition) is 4. The number of halogens is 1. The molecule has 26 heavy (non-hydrogen) atoms. The van der Waals surface area contributed by atoms with Crippen molar-refractivity contribution in [3.05, 3.63) is 34.3 Å². The molecule has 1 atom stereocenters. The van der Waals surface area contributed by atoms with Crippen molar-refractivity contribution in [1.82, 2.24) is 9.62 Å². The molecule has 1 aromatic carbocycles. The van der Waals surface area contributed by atoms with E-state index in [1.54, 1.807) is 0 Å². The van der Waals surface area contributed by atoms with Crippen molar-refractivity contribution in [3.63, 3.8) is 0 Å². The molecule has 2 aliphatic rings. The molecule has 1 N–H and O–H groups in total. The molecule has 6 nitrogen and oxygen atoms in total.